The number of hydrogen-bond acceptors (Lipinski definition) is 5. The van der Waals surface area contributed by atoms with Crippen molar-refractivity contribution in [3.63, 3.8) is 0 Å². The smallest absolute Gasteiger partial charge is 0.264 e. The largest absolute Gasteiger partial charge is 0.497 e. The maximum Gasteiger partial charge on any atom is 0.264 e. The highest BCUT2D eigenvalue weighted by Gasteiger charge is 2.36. The van der Waals surface area contributed by atoms with Gasteiger partial charge in [-0.05, 0) is 73.3 Å². The summed E-state index contributed by atoms with van der Waals surface area (Å²) in [5.41, 5.74) is 1.74. The first kappa shape index (κ1) is 22.6. The summed E-state index contributed by atoms with van der Waals surface area (Å²) in [5, 5.41) is 3.98. The van der Waals surface area contributed by atoms with Crippen LogP contribution in [-0.2, 0) is 11.2 Å². The molecule has 32 heavy (non-hydrogen) atoms. The molecular weight excluding hydrogens is 440 g/mol. The van der Waals surface area contributed by atoms with Crippen LogP contribution in [0.2, 0.25) is 0 Å². The highest BCUT2D eigenvalue weighted by atomic mass is 32.1. The van der Waals surface area contributed by atoms with E-state index in [1.165, 1.54) is 21.8 Å². The Morgan fingerprint density at radius 2 is 1.84 bits per heavy atom. The SMILES string of the molecule is COc1ccc(C2c3ccsc3CCN2C(=O)CN(C(=O)c2cccs2)C(C)(C)C)cc1. The Labute approximate surface area is 197 Å². The lowest BCUT2D eigenvalue weighted by Crippen LogP contribution is -2.52. The summed E-state index contributed by atoms with van der Waals surface area (Å²) < 4.78 is 5.32. The number of nitrogens with zero attached hydrogens (tertiary/aromatic N) is 2. The molecule has 168 valence electrons. The summed E-state index contributed by atoms with van der Waals surface area (Å²) in [5.74, 6) is 0.644. The third-order valence-corrected chi connectivity index (χ3v) is 7.65. The molecule has 1 unspecified atom stereocenters. The monoisotopic (exact) mass is 468 g/mol. The van der Waals surface area contributed by atoms with Crippen molar-refractivity contribution in [3.05, 3.63) is 74.1 Å². The van der Waals surface area contributed by atoms with Crippen LogP contribution in [0.3, 0.4) is 0 Å². The molecule has 5 nitrogen and oxygen atoms in total. The van der Waals surface area contributed by atoms with Gasteiger partial charge in [-0.1, -0.05) is 18.2 Å². The minimum Gasteiger partial charge on any atom is -0.497 e. The lowest BCUT2D eigenvalue weighted by Gasteiger charge is -2.40. The van der Waals surface area contributed by atoms with Crippen LogP contribution in [0, 0.1) is 0 Å². The molecular formula is C25H28N2O3S2. The number of hydrogen-bond donors (Lipinski definition) is 0. The van der Waals surface area contributed by atoms with Crippen molar-refractivity contribution < 1.29 is 14.3 Å². The standard InChI is InChI=1S/C25H28N2O3S2/c1-25(2,3)27(24(29)21-6-5-14-31-21)16-22(28)26-13-11-20-19(12-15-32-20)23(26)17-7-9-18(30-4)10-8-17/h5-10,12,14-15,23H,11,13,16H2,1-4H3. The van der Waals surface area contributed by atoms with Crippen LogP contribution in [0.1, 0.15) is 52.5 Å². The molecule has 3 aromatic rings. The zero-order valence-corrected chi connectivity index (χ0v) is 20.5. The minimum absolute atomic E-state index is 0.0394. The molecule has 0 saturated heterocycles. The van der Waals surface area contributed by atoms with E-state index in [9.17, 15) is 9.59 Å². The van der Waals surface area contributed by atoms with E-state index >= 15 is 0 Å². The number of rotatable bonds is 5. The van der Waals surface area contributed by atoms with Gasteiger partial charge in [0.25, 0.3) is 5.91 Å². The molecule has 2 aromatic heterocycles. The molecule has 1 aliphatic rings. The number of fused-ring (bicyclic) bond motifs is 1. The zero-order chi connectivity index (χ0) is 22.9. The van der Waals surface area contributed by atoms with Crippen molar-refractivity contribution in [2.75, 3.05) is 20.2 Å². The number of carbonyl (C=O) groups is 2. The lowest BCUT2D eigenvalue weighted by molar-refractivity contribution is -0.135. The van der Waals surface area contributed by atoms with Crippen molar-refractivity contribution in [3.8, 4) is 5.75 Å². The van der Waals surface area contributed by atoms with E-state index in [1.54, 1.807) is 23.3 Å². The molecule has 0 radical (unpaired) electrons. The first-order valence-electron chi connectivity index (χ1n) is 10.6. The first-order chi connectivity index (χ1) is 15.3. The van der Waals surface area contributed by atoms with Gasteiger partial charge in [0.15, 0.2) is 0 Å². The number of thiophene rings is 2. The van der Waals surface area contributed by atoms with Gasteiger partial charge in [0, 0.05) is 17.0 Å². The van der Waals surface area contributed by atoms with E-state index in [0.717, 1.165) is 17.7 Å². The fraction of sp³-hybridized carbons (Fsp3) is 0.360. The van der Waals surface area contributed by atoms with Gasteiger partial charge in [0.05, 0.1) is 18.0 Å². The summed E-state index contributed by atoms with van der Waals surface area (Å²) in [6, 6.07) is 13.5. The molecule has 3 heterocycles. The molecule has 0 fully saturated rings. The van der Waals surface area contributed by atoms with Gasteiger partial charge in [0.1, 0.15) is 12.3 Å². The van der Waals surface area contributed by atoms with Crippen LogP contribution >= 0.6 is 22.7 Å². The van der Waals surface area contributed by atoms with Gasteiger partial charge in [-0.25, -0.2) is 0 Å². The summed E-state index contributed by atoms with van der Waals surface area (Å²) in [6.07, 6.45) is 0.833. The van der Waals surface area contributed by atoms with Crippen LogP contribution in [0.15, 0.2) is 53.2 Å². The third-order valence-electron chi connectivity index (χ3n) is 5.80. The summed E-state index contributed by atoms with van der Waals surface area (Å²) >= 11 is 3.14. The fourth-order valence-corrected chi connectivity index (χ4v) is 5.68. The van der Waals surface area contributed by atoms with Crippen molar-refractivity contribution >= 4 is 34.5 Å². The van der Waals surface area contributed by atoms with Crippen LogP contribution in [-0.4, -0.2) is 47.4 Å². The quantitative estimate of drug-likeness (QED) is 0.515. The molecule has 7 heteroatoms. The molecule has 0 saturated carbocycles. The Morgan fingerprint density at radius 1 is 1.09 bits per heavy atom. The average molecular weight is 469 g/mol. The number of benzene rings is 1. The molecule has 0 aliphatic carbocycles. The van der Waals surface area contributed by atoms with Gasteiger partial charge >= 0.3 is 0 Å². The van der Waals surface area contributed by atoms with Gasteiger partial charge in [-0.15, -0.1) is 22.7 Å². The van der Waals surface area contributed by atoms with Crippen molar-refractivity contribution in [2.45, 2.75) is 38.8 Å². The number of carbonyl (C=O) groups excluding carboxylic acids is 2. The number of methoxy groups -OCH3 is 1. The molecule has 4 rings (SSSR count). The van der Waals surface area contributed by atoms with E-state index in [0.29, 0.717) is 11.4 Å². The summed E-state index contributed by atoms with van der Waals surface area (Å²) in [4.78, 5) is 32.5. The Morgan fingerprint density at radius 3 is 2.47 bits per heavy atom. The average Bonchev–Trinajstić information content (AvgIpc) is 3.47. The van der Waals surface area contributed by atoms with E-state index < -0.39 is 5.54 Å². The van der Waals surface area contributed by atoms with Crippen LogP contribution < -0.4 is 4.74 Å². The summed E-state index contributed by atoms with van der Waals surface area (Å²) in [6.45, 7) is 6.60. The van der Waals surface area contributed by atoms with Gasteiger partial charge in [-0.3, -0.25) is 9.59 Å². The molecule has 0 spiro atoms. The van der Waals surface area contributed by atoms with Crippen molar-refractivity contribution in [1.29, 1.82) is 0 Å². The number of ether oxygens (including phenoxy) is 1. The molecule has 1 aliphatic heterocycles. The number of amides is 2. The minimum atomic E-state index is -0.477. The molecule has 1 aromatic carbocycles. The third kappa shape index (κ3) is 4.45. The van der Waals surface area contributed by atoms with Gasteiger partial charge < -0.3 is 14.5 Å². The summed E-state index contributed by atoms with van der Waals surface area (Å²) in [7, 11) is 1.65. The second kappa shape index (κ2) is 9.08. The van der Waals surface area contributed by atoms with E-state index in [2.05, 4.69) is 11.4 Å². The molecule has 0 bridgehead atoms. The van der Waals surface area contributed by atoms with E-state index in [-0.39, 0.29) is 24.4 Å². The predicted molar refractivity (Wildman–Crippen MR) is 130 cm³/mol. The van der Waals surface area contributed by atoms with Crippen LogP contribution in [0.4, 0.5) is 0 Å². The van der Waals surface area contributed by atoms with Crippen LogP contribution in [0.5, 0.6) is 5.75 Å². The zero-order valence-electron chi connectivity index (χ0n) is 18.8. The fourth-order valence-electron chi connectivity index (χ4n) is 4.10. The Hall–Kier alpha value is -2.64. The van der Waals surface area contributed by atoms with E-state index in [1.807, 2.05) is 67.4 Å². The van der Waals surface area contributed by atoms with Crippen molar-refractivity contribution in [2.24, 2.45) is 0 Å². The normalized spacial score (nSPS) is 15.9. The maximum absolute atomic E-state index is 13.7. The van der Waals surface area contributed by atoms with Crippen molar-refractivity contribution in [1.82, 2.24) is 9.80 Å². The predicted octanol–water partition coefficient (Wildman–Crippen LogP) is 5.23. The highest BCUT2D eigenvalue weighted by molar-refractivity contribution is 7.12. The highest BCUT2D eigenvalue weighted by Crippen LogP contribution is 2.38. The topological polar surface area (TPSA) is 49.9 Å². The molecule has 1 atom stereocenters. The van der Waals surface area contributed by atoms with Crippen LogP contribution in [0.25, 0.3) is 0 Å². The second-order valence-electron chi connectivity index (χ2n) is 8.85. The van der Waals surface area contributed by atoms with Gasteiger partial charge in [0.2, 0.25) is 5.91 Å². The second-order valence-corrected chi connectivity index (χ2v) is 10.8. The first-order valence-corrected chi connectivity index (χ1v) is 12.4. The molecule has 2 amide bonds. The molecule has 0 N–H and O–H groups in total. The Kier molecular flexibility index (Phi) is 6.40. The van der Waals surface area contributed by atoms with E-state index in [4.69, 9.17) is 4.74 Å². The Bertz CT molecular complexity index is 1080. The van der Waals surface area contributed by atoms with Gasteiger partial charge in [-0.2, -0.15) is 0 Å². The lowest BCUT2D eigenvalue weighted by atomic mass is 9.93. The Balaban J connectivity index is 1.65. The maximum atomic E-state index is 13.7.